The van der Waals surface area contributed by atoms with Gasteiger partial charge in [0.2, 0.25) is 5.91 Å². The van der Waals surface area contributed by atoms with Crippen LogP contribution in [0.25, 0.3) is 0 Å². The Balaban J connectivity index is 1.78. The highest BCUT2D eigenvalue weighted by Gasteiger charge is 2.31. The number of hydrogen-bond donors (Lipinski definition) is 3. The Hall–Kier alpha value is -1.89. The molecule has 5 N–H and O–H groups in total. The van der Waals surface area contributed by atoms with Gasteiger partial charge in [-0.1, -0.05) is 0 Å². The van der Waals surface area contributed by atoms with Crippen LogP contribution in [0.4, 0.5) is 5.82 Å². The van der Waals surface area contributed by atoms with Crippen LogP contribution in [0.3, 0.4) is 0 Å². The van der Waals surface area contributed by atoms with Crippen molar-refractivity contribution < 1.29 is 9.59 Å². The standard InChI is InChI=1S/C14H21N5O2/c15-9-3-5-10(6-4-9)19-7-11(12(16)20)13(18-19)17-14(21)8-1-2-8/h7-10H,1-6,15H2,(H2,16,20)(H,17,18,21). The number of nitrogens with two attached hydrogens (primary N) is 2. The third kappa shape index (κ3) is 3.07. The van der Waals surface area contributed by atoms with Crippen LogP contribution in [0.2, 0.25) is 0 Å². The third-order valence-corrected chi connectivity index (χ3v) is 4.30. The Labute approximate surface area is 123 Å². The number of primary amides is 1. The van der Waals surface area contributed by atoms with Gasteiger partial charge in [-0.25, -0.2) is 0 Å². The summed E-state index contributed by atoms with van der Waals surface area (Å²) in [7, 11) is 0. The molecule has 0 bridgehead atoms. The first-order valence-electron chi connectivity index (χ1n) is 7.50. The topological polar surface area (TPSA) is 116 Å². The van der Waals surface area contributed by atoms with Crippen molar-refractivity contribution in [3.63, 3.8) is 0 Å². The summed E-state index contributed by atoms with van der Waals surface area (Å²) in [6.45, 7) is 0. The van der Waals surface area contributed by atoms with Crippen molar-refractivity contribution in [3.05, 3.63) is 11.8 Å². The van der Waals surface area contributed by atoms with Crippen LogP contribution in [0, 0.1) is 5.92 Å². The first-order valence-corrected chi connectivity index (χ1v) is 7.50. The van der Waals surface area contributed by atoms with Gasteiger partial charge in [0, 0.05) is 18.2 Å². The molecule has 0 aliphatic heterocycles. The molecule has 0 aromatic carbocycles. The summed E-state index contributed by atoms with van der Waals surface area (Å²) in [6, 6.07) is 0.468. The molecule has 114 valence electrons. The van der Waals surface area contributed by atoms with Gasteiger partial charge in [0.05, 0.1) is 6.04 Å². The highest BCUT2D eigenvalue weighted by atomic mass is 16.2. The van der Waals surface area contributed by atoms with Crippen molar-refractivity contribution in [3.8, 4) is 0 Å². The number of hydrogen-bond acceptors (Lipinski definition) is 4. The highest BCUT2D eigenvalue weighted by Crippen LogP contribution is 2.32. The fraction of sp³-hybridized carbons (Fsp3) is 0.643. The molecule has 2 aliphatic rings. The summed E-state index contributed by atoms with van der Waals surface area (Å²) in [4.78, 5) is 23.4. The van der Waals surface area contributed by atoms with Gasteiger partial charge in [0.15, 0.2) is 5.82 Å². The van der Waals surface area contributed by atoms with Crippen molar-refractivity contribution in [2.45, 2.75) is 50.6 Å². The fourth-order valence-electron chi connectivity index (χ4n) is 2.78. The van der Waals surface area contributed by atoms with Crippen molar-refractivity contribution in [1.29, 1.82) is 0 Å². The molecular formula is C14H21N5O2. The van der Waals surface area contributed by atoms with E-state index in [0.29, 0.717) is 0 Å². The van der Waals surface area contributed by atoms with Gasteiger partial charge >= 0.3 is 0 Å². The first-order chi connectivity index (χ1) is 10.0. The largest absolute Gasteiger partial charge is 0.365 e. The Kier molecular flexibility index (Phi) is 3.67. The average Bonchev–Trinajstić information content (AvgIpc) is 3.21. The van der Waals surface area contributed by atoms with Crippen LogP contribution in [0.5, 0.6) is 0 Å². The number of carbonyl (C=O) groups is 2. The molecule has 0 unspecified atom stereocenters. The van der Waals surface area contributed by atoms with Gasteiger partial charge in [-0.15, -0.1) is 0 Å². The molecule has 2 aliphatic carbocycles. The molecule has 0 saturated heterocycles. The van der Waals surface area contributed by atoms with Crippen molar-refractivity contribution >= 4 is 17.6 Å². The lowest BCUT2D eigenvalue weighted by molar-refractivity contribution is -0.117. The van der Waals surface area contributed by atoms with Crippen molar-refractivity contribution in [1.82, 2.24) is 9.78 Å². The zero-order valence-electron chi connectivity index (χ0n) is 11.9. The summed E-state index contributed by atoms with van der Waals surface area (Å²) in [5, 5.41) is 7.10. The van der Waals surface area contributed by atoms with E-state index in [9.17, 15) is 9.59 Å². The lowest BCUT2D eigenvalue weighted by atomic mass is 9.92. The summed E-state index contributed by atoms with van der Waals surface area (Å²) < 4.78 is 1.76. The smallest absolute Gasteiger partial charge is 0.254 e. The first kappa shape index (κ1) is 14.1. The van der Waals surface area contributed by atoms with E-state index < -0.39 is 5.91 Å². The number of carbonyl (C=O) groups excluding carboxylic acids is 2. The van der Waals surface area contributed by atoms with Gasteiger partial charge in [-0.2, -0.15) is 5.10 Å². The van der Waals surface area contributed by atoms with Crippen LogP contribution in [-0.4, -0.2) is 27.6 Å². The summed E-state index contributed by atoms with van der Waals surface area (Å²) in [5.41, 5.74) is 11.6. The molecule has 1 aromatic rings. The van der Waals surface area contributed by atoms with E-state index in [-0.39, 0.29) is 35.3 Å². The van der Waals surface area contributed by atoms with Gasteiger partial charge in [0.25, 0.3) is 5.91 Å². The maximum Gasteiger partial charge on any atom is 0.254 e. The van der Waals surface area contributed by atoms with Gasteiger partial charge in [-0.05, 0) is 38.5 Å². The number of nitrogens with zero attached hydrogens (tertiary/aromatic N) is 2. The van der Waals surface area contributed by atoms with E-state index in [1.54, 1.807) is 10.9 Å². The lowest BCUT2D eigenvalue weighted by Gasteiger charge is -2.26. The van der Waals surface area contributed by atoms with E-state index in [2.05, 4.69) is 10.4 Å². The van der Waals surface area contributed by atoms with Gasteiger partial charge < -0.3 is 16.8 Å². The highest BCUT2D eigenvalue weighted by molar-refractivity contribution is 6.02. The Morgan fingerprint density at radius 1 is 1.19 bits per heavy atom. The number of aromatic nitrogens is 2. The van der Waals surface area contributed by atoms with Crippen LogP contribution in [0.1, 0.15) is 54.9 Å². The molecule has 21 heavy (non-hydrogen) atoms. The number of rotatable bonds is 4. The minimum absolute atomic E-state index is 0.0588. The Morgan fingerprint density at radius 3 is 2.43 bits per heavy atom. The number of anilines is 1. The number of nitrogens with one attached hydrogen (secondary N) is 1. The molecule has 0 radical (unpaired) electrons. The van der Waals surface area contributed by atoms with E-state index >= 15 is 0 Å². The molecule has 1 heterocycles. The van der Waals surface area contributed by atoms with Crippen LogP contribution >= 0.6 is 0 Å². The molecule has 7 nitrogen and oxygen atoms in total. The molecule has 0 atom stereocenters. The lowest BCUT2D eigenvalue weighted by Crippen LogP contribution is -2.28. The van der Waals surface area contributed by atoms with Crippen molar-refractivity contribution in [2.24, 2.45) is 17.4 Å². The van der Waals surface area contributed by atoms with E-state index in [1.807, 2.05) is 0 Å². The average molecular weight is 291 g/mol. The van der Waals surface area contributed by atoms with Gasteiger partial charge in [0.1, 0.15) is 5.56 Å². The molecule has 2 amide bonds. The predicted molar refractivity (Wildman–Crippen MR) is 77.6 cm³/mol. The normalized spacial score (nSPS) is 25.6. The van der Waals surface area contributed by atoms with E-state index in [4.69, 9.17) is 11.5 Å². The van der Waals surface area contributed by atoms with Crippen molar-refractivity contribution in [2.75, 3.05) is 5.32 Å². The molecule has 1 aromatic heterocycles. The molecule has 2 fully saturated rings. The third-order valence-electron chi connectivity index (χ3n) is 4.30. The summed E-state index contributed by atoms with van der Waals surface area (Å²) in [6.07, 6.45) is 7.19. The molecule has 3 rings (SSSR count). The zero-order valence-corrected chi connectivity index (χ0v) is 11.9. The Bertz CT molecular complexity index is 556. The molecule has 2 saturated carbocycles. The minimum atomic E-state index is -0.570. The maximum atomic E-state index is 11.8. The SMILES string of the molecule is NC(=O)c1cn(C2CCC(N)CC2)nc1NC(=O)C1CC1. The second-order valence-corrected chi connectivity index (χ2v) is 6.07. The Morgan fingerprint density at radius 2 is 1.86 bits per heavy atom. The quantitative estimate of drug-likeness (QED) is 0.759. The second kappa shape index (κ2) is 5.48. The zero-order chi connectivity index (χ0) is 15.0. The number of amides is 2. The van der Waals surface area contributed by atoms with Crippen LogP contribution in [0.15, 0.2) is 6.20 Å². The molecule has 7 heteroatoms. The monoisotopic (exact) mass is 291 g/mol. The van der Waals surface area contributed by atoms with Gasteiger partial charge in [-0.3, -0.25) is 14.3 Å². The van der Waals surface area contributed by atoms with E-state index in [1.165, 1.54) is 0 Å². The molecular weight excluding hydrogens is 270 g/mol. The van der Waals surface area contributed by atoms with Crippen LogP contribution < -0.4 is 16.8 Å². The predicted octanol–water partition coefficient (Wildman–Crippen LogP) is 0.773. The van der Waals surface area contributed by atoms with Crippen LogP contribution in [-0.2, 0) is 4.79 Å². The summed E-state index contributed by atoms with van der Waals surface area (Å²) in [5.74, 6) is -0.300. The minimum Gasteiger partial charge on any atom is -0.365 e. The second-order valence-electron chi connectivity index (χ2n) is 6.07. The van der Waals surface area contributed by atoms with E-state index in [0.717, 1.165) is 38.5 Å². The molecule has 0 spiro atoms. The summed E-state index contributed by atoms with van der Waals surface area (Å²) >= 11 is 0. The maximum absolute atomic E-state index is 11.8. The fourth-order valence-corrected chi connectivity index (χ4v) is 2.78.